The number of ether oxygens (including phenoxy) is 1. The van der Waals surface area contributed by atoms with Gasteiger partial charge in [0.25, 0.3) is 0 Å². The van der Waals surface area contributed by atoms with Crippen molar-refractivity contribution in [1.29, 1.82) is 0 Å². The Bertz CT molecular complexity index is 634. The van der Waals surface area contributed by atoms with Crippen molar-refractivity contribution in [2.75, 3.05) is 51.8 Å². The topological polar surface area (TPSA) is 78.8 Å². The highest BCUT2D eigenvalue weighted by Gasteiger charge is 2.38. The van der Waals surface area contributed by atoms with Crippen molar-refractivity contribution < 1.29 is 27.8 Å². The summed E-state index contributed by atoms with van der Waals surface area (Å²) in [6.07, 6.45) is -0.0790. The van der Waals surface area contributed by atoms with E-state index >= 15 is 0 Å². The predicted molar refractivity (Wildman–Crippen MR) is 92.8 cm³/mol. The lowest BCUT2D eigenvalue weighted by atomic mass is 10.1. The molecule has 2 aliphatic rings. The van der Waals surface area contributed by atoms with Crippen LogP contribution in [0.25, 0.3) is 0 Å². The molecule has 0 saturated carbocycles. The van der Waals surface area contributed by atoms with Gasteiger partial charge in [0.15, 0.2) is 0 Å². The van der Waals surface area contributed by atoms with Crippen molar-refractivity contribution >= 4 is 11.8 Å². The molecule has 0 spiro atoms. The molecular formula is C17H25F3N4O3. The average Bonchev–Trinajstić information content (AvgIpc) is 3.01. The SMILES string of the molecule is CN(C)c1ncnc2c1CCN(CC1CCOC1)CC2.O=C(O)C(F)(F)F. The van der Waals surface area contributed by atoms with E-state index in [9.17, 15) is 13.2 Å². The zero-order valence-electron chi connectivity index (χ0n) is 15.5. The molecule has 0 bridgehead atoms. The molecule has 0 aliphatic carbocycles. The van der Waals surface area contributed by atoms with Crippen LogP contribution in [-0.4, -0.2) is 79.1 Å². The van der Waals surface area contributed by atoms with E-state index in [4.69, 9.17) is 14.6 Å². The van der Waals surface area contributed by atoms with Crippen LogP contribution in [0.15, 0.2) is 6.33 Å². The molecule has 7 nitrogen and oxygen atoms in total. The minimum atomic E-state index is -5.08. The van der Waals surface area contributed by atoms with E-state index in [0.29, 0.717) is 0 Å². The number of halogens is 3. The van der Waals surface area contributed by atoms with Gasteiger partial charge in [-0.05, 0) is 18.8 Å². The minimum Gasteiger partial charge on any atom is -0.475 e. The van der Waals surface area contributed by atoms with Gasteiger partial charge in [-0.25, -0.2) is 14.8 Å². The molecular weight excluding hydrogens is 365 g/mol. The number of carboxylic acid groups (broad SMARTS) is 1. The van der Waals surface area contributed by atoms with Crippen LogP contribution in [0.2, 0.25) is 0 Å². The van der Waals surface area contributed by atoms with Gasteiger partial charge in [0.2, 0.25) is 0 Å². The Balaban J connectivity index is 0.000000321. The highest BCUT2D eigenvalue weighted by molar-refractivity contribution is 5.73. The van der Waals surface area contributed by atoms with Crippen LogP contribution in [0.5, 0.6) is 0 Å². The molecule has 1 saturated heterocycles. The van der Waals surface area contributed by atoms with Crippen LogP contribution in [0, 0.1) is 5.92 Å². The molecule has 0 amide bonds. The third-order valence-corrected chi connectivity index (χ3v) is 4.56. The van der Waals surface area contributed by atoms with E-state index in [2.05, 4.69) is 33.9 Å². The number of aliphatic carboxylic acids is 1. The van der Waals surface area contributed by atoms with Gasteiger partial charge in [0, 0.05) is 52.3 Å². The van der Waals surface area contributed by atoms with Gasteiger partial charge in [-0.2, -0.15) is 13.2 Å². The van der Waals surface area contributed by atoms with Crippen molar-refractivity contribution in [2.45, 2.75) is 25.4 Å². The number of carboxylic acids is 1. The third-order valence-electron chi connectivity index (χ3n) is 4.56. The average molecular weight is 390 g/mol. The summed E-state index contributed by atoms with van der Waals surface area (Å²) < 4.78 is 37.2. The summed E-state index contributed by atoms with van der Waals surface area (Å²) in [6, 6.07) is 0. The molecule has 152 valence electrons. The molecule has 2 aliphatic heterocycles. The second-order valence-electron chi connectivity index (χ2n) is 6.85. The van der Waals surface area contributed by atoms with Gasteiger partial charge < -0.3 is 19.6 Å². The number of aromatic nitrogens is 2. The Kier molecular flexibility index (Phi) is 7.37. The molecule has 27 heavy (non-hydrogen) atoms. The fourth-order valence-electron chi connectivity index (χ4n) is 3.22. The first-order valence-corrected chi connectivity index (χ1v) is 8.78. The Hall–Kier alpha value is -1.94. The number of alkyl halides is 3. The van der Waals surface area contributed by atoms with E-state index in [1.807, 2.05) is 0 Å². The lowest BCUT2D eigenvalue weighted by Crippen LogP contribution is -2.32. The summed E-state index contributed by atoms with van der Waals surface area (Å²) in [4.78, 5) is 22.5. The first kappa shape index (κ1) is 21.4. The van der Waals surface area contributed by atoms with Gasteiger partial charge in [-0.15, -0.1) is 0 Å². The Morgan fingerprint density at radius 1 is 1.33 bits per heavy atom. The number of hydrogen-bond donors (Lipinski definition) is 1. The normalized spacial score (nSPS) is 20.3. The summed E-state index contributed by atoms with van der Waals surface area (Å²) in [5, 5.41) is 7.12. The van der Waals surface area contributed by atoms with Crippen LogP contribution in [-0.2, 0) is 22.4 Å². The molecule has 1 aromatic heterocycles. The molecule has 1 N–H and O–H groups in total. The predicted octanol–water partition coefficient (Wildman–Crippen LogP) is 1.61. The van der Waals surface area contributed by atoms with E-state index < -0.39 is 12.1 Å². The summed E-state index contributed by atoms with van der Waals surface area (Å²) in [5.41, 5.74) is 2.57. The summed E-state index contributed by atoms with van der Waals surface area (Å²) in [5.74, 6) is -0.954. The molecule has 1 fully saturated rings. The zero-order chi connectivity index (χ0) is 20.0. The van der Waals surface area contributed by atoms with E-state index in [1.54, 1.807) is 6.33 Å². The maximum Gasteiger partial charge on any atom is 0.490 e. The molecule has 0 aromatic carbocycles. The van der Waals surface area contributed by atoms with Crippen molar-refractivity contribution in [3.05, 3.63) is 17.6 Å². The summed E-state index contributed by atoms with van der Waals surface area (Å²) in [7, 11) is 4.11. The molecule has 10 heteroatoms. The molecule has 1 unspecified atom stereocenters. The first-order chi connectivity index (χ1) is 12.7. The van der Waals surface area contributed by atoms with E-state index in [-0.39, 0.29) is 0 Å². The first-order valence-electron chi connectivity index (χ1n) is 8.78. The highest BCUT2D eigenvalue weighted by atomic mass is 19.4. The lowest BCUT2D eigenvalue weighted by Gasteiger charge is -2.22. The fraction of sp³-hybridized carbons (Fsp3) is 0.706. The number of anilines is 1. The van der Waals surface area contributed by atoms with Crippen molar-refractivity contribution in [3.63, 3.8) is 0 Å². The van der Waals surface area contributed by atoms with Gasteiger partial charge in [0.05, 0.1) is 12.3 Å². The smallest absolute Gasteiger partial charge is 0.475 e. The zero-order valence-corrected chi connectivity index (χ0v) is 15.5. The fourth-order valence-corrected chi connectivity index (χ4v) is 3.22. The van der Waals surface area contributed by atoms with Crippen LogP contribution in [0.3, 0.4) is 0 Å². The molecule has 3 heterocycles. The maximum absolute atomic E-state index is 10.6. The van der Waals surface area contributed by atoms with Crippen molar-refractivity contribution in [2.24, 2.45) is 5.92 Å². The Morgan fingerprint density at radius 2 is 2.00 bits per heavy atom. The molecule has 3 rings (SSSR count). The standard InChI is InChI=1S/C15H24N4O.C2HF3O2/c1-18(2)15-13-3-6-19(9-12-5-8-20-10-12)7-4-14(13)16-11-17-15;3-2(4,5)1(6)7/h11-12H,3-10H2,1-2H3;(H,6,7). The van der Waals surface area contributed by atoms with E-state index in [0.717, 1.165) is 50.9 Å². The van der Waals surface area contributed by atoms with Crippen LogP contribution >= 0.6 is 0 Å². The summed E-state index contributed by atoms with van der Waals surface area (Å²) in [6.45, 7) is 5.25. The van der Waals surface area contributed by atoms with Gasteiger partial charge >= 0.3 is 12.1 Å². The van der Waals surface area contributed by atoms with Crippen molar-refractivity contribution in [3.8, 4) is 0 Å². The van der Waals surface area contributed by atoms with Crippen LogP contribution in [0.4, 0.5) is 19.0 Å². The highest BCUT2D eigenvalue weighted by Crippen LogP contribution is 2.23. The maximum atomic E-state index is 10.6. The molecule has 1 atom stereocenters. The second-order valence-corrected chi connectivity index (χ2v) is 6.85. The summed E-state index contributed by atoms with van der Waals surface area (Å²) >= 11 is 0. The Labute approximate surface area is 156 Å². The van der Waals surface area contributed by atoms with Gasteiger partial charge in [0.1, 0.15) is 12.1 Å². The van der Waals surface area contributed by atoms with Crippen LogP contribution < -0.4 is 4.90 Å². The number of hydrogen-bond acceptors (Lipinski definition) is 6. The number of fused-ring (bicyclic) bond motifs is 1. The number of carbonyl (C=O) groups is 1. The second kappa shape index (κ2) is 9.32. The largest absolute Gasteiger partial charge is 0.490 e. The lowest BCUT2D eigenvalue weighted by molar-refractivity contribution is -0.192. The van der Waals surface area contributed by atoms with Gasteiger partial charge in [-0.3, -0.25) is 0 Å². The molecule has 0 radical (unpaired) electrons. The molecule has 1 aromatic rings. The van der Waals surface area contributed by atoms with Crippen LogP contribution in [0.1, 0.15) is 17.7 Å². The third kappa shape index (κ3) is 6.31. The van der Waals surface area contributed by atoms with E-state index in [1.165, 1.54) is 24.2 Å². The Morgan fingerprint density at radius 3 is 2.56 bits per heavy atom. The monoisotopic (exact) mass is 390 g/mol. The quantitative estimate of drug-likeness (QED) is 0.840. The van der Waals surface area contributed by atoms with Gasteiger partial charge in [-0.1, -0.05) is 0 Å². The van der Waals surface area contributed by atoms with Crippen molar-refractivity contribution in [1.82, 2.24) is 14.9 Å². The number of rotatable bonds is 3. The number of nitrogens with zero attached hydrogens (tertiary/aromatic N) is 4. The minimum absolute atomic E-state index is 0.718.